The van der Waals surface area contributed by atoms with Crippen molar-refractivity contribution in [1.82, 2.24) is 4.98 Å². The predicted molar refractivity (Wildman–Crippen MR) is 48.9 cm³/mol. The standard InChI is InChI=1S/C10H8N2O/c1-8(13)10-5-4-9(7-12-10)3-2-6-11/h2-5,7H,1H3. The van der Waals surface area contributed by atoms with Gasteiger partial charge in [-0.25, -0.2) is 0 Å². The van der Waals surface area contributed by atoms with E-state index in [1.807, 2.05) is 6.07 Å². The van der Waals surface area contributed by atoms with Crippen LogP contribution < -0.4 is 0 Å². The number of nitrogens with zero attached hydrogens (tertiary/aromatic N) is 2. The molecule has 1 heterocycles. The largest absolute Gasteiger partial charge is 0.293 e. The highest BCUT2D eigenvalue weighted by molar-refractivity contribution is 5.92. The number of hydrogen-bond donors (Lipinski definition) is 0. The number of rotatable bonds is 2. The number of nitriles is 1. The fraction of sp³-hybridized carbons (Fsp3) is 0.100. The lowest BCUT2D eigenvalue weighted by Crippen LogP contribution is -1.95. The zero-order valence-electron chi connectivity index (χ0n) is 7.19. The zero-order chi connectivity index (χ0) is 9.68. The Labute approximate surface area is 76.3 Å². The number of hydrogen-bond acceptors (Lipinski definition) is 3. The molecule has 0 spiro atoms. The van der Waals surface area contributed by atoms with Crippen LogP contribution in [0.1, 0.15) is 23.0 Å². The third-order valence-electron chi connectivity index (χ3n) is 1.50. The maximum Gasteiger partial charge on any atom is 0.178 e. The molecule has 0 aliphatic rings. The number of Topliss-reactive ketones (excluding diaryl/α,β-unsaturated/α-hetero) is 1. The van der Waals surface area contributed by atoms with Crippen LogP contribution in [-0.2, 0) is 0 Å². The summed E-state index contributed by atoms with van der Waals surface area (Å²) in [4.78, 5) is 14.8. The molecule has 0 unspecified atom stereocenters. The van der Waals surface area contributed by atoms with Gasteiger partial charge in [-0.15, -0.1) is 0 Å². The van der Waals surface area contributed by atoms with Gasteiger partial charge in [0.05, 0.1) is 6.07 Å². The molecule has 0 aliphatic carbocycles. The average molecular weight is 172 g/mol. The van der Waals surface area contributed by atoms with Crippen LogP contribution in [-0.4, -0.2) is 10.8 Å². The minimum absolute atomic E-state index is 0.0594. The van der Waals surface area contributed by atoms with Gasteiger partial charge in [-0.1, -0.05) is 6.07 Å². The third kappa shape index (κ3) is 2.53. The molecule has 0 saturated heterocycles. The van der Waals surface area contributed by atoms with Crippen molar-refractivity contribution < 1.29 is 4.79 Å². The first-order valence-electron chi connectivity index (χ1n) is 3.77. The first kappa shape index (κ1) is 9.14. The molecule has 13 heavy (non-hydrogen) atoms. The van der Waals surface area contributed by atoms with E-state index in [1.54, 1.807) is 24.4 Å². The second-order valence-electron chi connectivity index (χ2n) is 2.50. The number of pyridine rings is 1. The smallest absolute Gasteiger partial charge is 0.178 e. The molecule has 0 saturated carbocycles. The van der Waals surface area contributed by atoms with Crippen molar-refractivity contribution in [3.05, 3.63) is 35.7 Å². The second kappa shape index (κ2) is 4.17. The van der Waals surface area contributed by atoms with Crippen molar-refractivity contribution in [2.24, 2.45) is 0 Å². The first-order chi connectivity index (χ1) is 6.24. The van der Waals surface area contributed by atoms with E-state index in [9.17, 15) is 4.79 Å². The molecule has 1 rings (SSSR count). The number of carbonyl (C=O) groups excluding carboxylic acids is 1. The van der Waals surface area contributed by atoms with E-state index in [4.69, 9.17) is 5.26 Å². The van der Waals surface area contributed by atoms with E-state index in [0.29, 0.717) is 5.69 Å². The quantitative estimate of drug-likeness (QED) is 0.505. The van der Waals surface area contributed by atoms with Gasteiger partial charge in [0.2, 0.25) is 0 Å². The molecule has 0 fully saturated rings. The van der Waals surface area contributed by atoms with Crippen LogP contribution in [0.4, 0.5) is 0 Å². The average Bonchev–Trinajstić information content (AvgIpc) is 2.15. The molecule has 0 amide bonds. The summed E-state index contributed by atoms with van der Waals surface area (Å²) in [6, 6.07) is 5.26. The Morgan fingerprint density at radius 3 is 2.85 bits per heavy atom. The summed E-state index contributed by atoms with van der Waals surface area (Å²) >= 11 is 0. The first-order valence-corrected chi connectivity index (χ1v) is 3.77. The minimum atomic E-state index is -0.0594. The van der Waals surface area contributed by atoms with Crippen LogP contribution in [0, 0.1) is 11.3 Å². The third-order valence-corrected chi connectivity index (χ3v) is 1.50. The van der Waals surface area contributed by atoms with Crippen LogP contribution in [0.2, 0.25) is 0 Å². The molecule has 1 aromatic rings. The van der Waals surface area contributed by atoms with Crippen molar-refractivity contribution in [3.8, 4) is 6.07 Å². The van der Waals surface area contributed by atoms with E-state index >= 15 is 0 Å². The zero-order valence-corrected chi connectivity index (χ0v) is 7.19. The van der Waals surface area contributed by atoms with Gasteiger partial charge in [0.25, 0.3) is 0 Å². The molecule has 0 bridgehead atoms. The van der Waals surface area contributed by atoms with Crippen molar-refractivity contribution in [2.75, 3.05) is 0 Å². The van der Waals surface area contributed by atoms with Crippen LogP contribution >= 0.6 is 0 Å². The van der Waals surface area contributed by atoms with E-state index in [2.05, 4.69) is 4.98 Å². The summed E-state index contributed by atoms with van der Waals surface area (Å²) in [5.74, 6) is -0.0594. The minimum Gasteiger partial charge on any atom is -0.293 e. The van der Waals surface area contributed by atoms with Gasteiger partial charge in [0.15, 0.2) is 5.78 Å². The Morgan fingerprint density at radius 1 is 1.62 bits per heavy atom. The topological polar surface area (TPSA) is 53.8 Å². The number of ketones is 1. The molecular weight excluding hydrogens is 164 g/mol. The maximum absolute atomic E-state index is 10.8. The molecule has 64 valence electrons. The summed E-state index contributed by atoms with van der Waals surface area (Å²) in [6.07, 6.45) is 4.56. The fourth-order valence-corrected chi connectivity index (χ4v) is 0.846. The van der Waals surface area contributed by atoms with E-state index < -0.39 is 0 Å². The van der Waals surface area contributed by atoms with Gasteiger partial charge in [0.1, 0.15) is 5.69 Å². The molecular formula is C10H8N2O. The predicted octanol–water partition coefficient (Wildman–Crippen LogP) is 1.82. The molecule has 3 nitrogen and oxygen atoms in total. The Hall–Kier alpha value is -1.95. The molecule has 0 aromatic carbocycles. The highest BCUT2D eigenvalue weighted by Gasteiger charge is 1.98. The van der Waals surface area contributed by atoms with Gasteiger partial charge in [0, 0.05) is 19.2 Å². The summed E-state index contributed by atoms with van der Waals surface area (Å²) in [7, 11) is 0. The maximum atomic E-state index is 10.8. The van der Waals surface area contributed by atoms with Crippen LogP contribution in [0.25, 0.3) is 6.08 Å². The second-order valence-corrected chi connectivity index (χ2v) is 2.50. The Bertz CT molecular complexity index is 371. The molecule has 3 heteroatoms. The lowest BCUT2D eigenvalue weighted by atomic mass is 10.2. The monoisotopic (exact) mass is 172 g/mol. The number of carbonyl (C=O) groups is 1. The van der Waals surface area contributed by atoms with Crippen LogP contribution in [0.3, 0.4) is 0 Å². The Morgan fingerprint density at radius 2 is 2.38 bits per heavy atom. The van der Waals surface area contributed by atoms with Gasteiger partial charge in [-0.2, -0.15) is 5.26 Å². The van der Waals surface area contributed by atoms with Gasteiger partial charge in [-0.05, 0) is 17.7 Å². The SMILES string of the molecule is CC(=O)c1ccc(C=CC#N)cn1. The van der Waals surface area contributed by atoms with E-state index in [-0.39, 0.29) is 5.78 Å². The number of aromatic nitrogens is 1. The molecule has 0 radical (unpaired) electrons. The van der Waals surface area contributed by atoms with Crippen molar-refractivity contribution in [2.45, 2.75) is 6.92 Å². The fourth-order valence-electron chi connectivity index (χ4n) is 0.846. The highest BCUT2D eigenvalue weighted by atomic mass is 16.1. The van der Waals surface area contributed by atoms with Crippen molar-refractivity contribution >= 4 is 11.9 Å². The highest BCUT2D eigenvalue weighted by Crippen LogP contribution is 2.02. The molecule has 1 aromatic heterocycles. The summed E-state index contributed by atoms with van der Waals surface area (Å²) in [5, 5.41) is 8.26. The Kier molecular flexibility index (Phi) is 2.93. The van der Waals surface area contributed by atoms with Gasteiger partial charge >= 0.3 is 0 Å². The summed E-state index contributed by atoms with van der Waals surface area (Å²) in [6.45, 7) is 1.47. The van der Waals surface area contributed by atoms with E-state index in [0.717, 1.165) is 5.56 Å². The van der Waals surface area contributed by atoms with E-state index in [1.165, 1.54) is 13.0 Å². The normalized spacial score (nSPS) is 9.85. The Balaban J connectivity index is 2.89. The number of allylic oxidation sites excluding steroid dienone is 1. The molecule has 0 aliphatic heterocycles. The van der Waals surface area contributed by atoms with Crippen molar-refractivity contribution in [1.29, 1.82) is 5.26 Å². The van der Waals surface area contributed by atoms with Gasteiger partial charge < -0.3 is 0 Å². The molecule has 0 N–H and O–H groups in total. The van der Waals surface area contributed by atoms with Gasteiger partial charge in [-0.3, -0.25) is 9.78 Å². The summed E-state index contributed by atoms with van der Waals surface area (Å²) in [5.41, 5.74) is 1.25. The summed E-state index contributed by atoms with van der Waals surface area (Å²) < 4.78 is 0. The van der Waals surface area contributed by atoms with Crippen LogP contribution in [0.5, 0.6) is 0 Å². The lowest BCUT2D eigenvalue weighted by Gasteiger charge is -1.94. The molecule has 0 atom stereocenters. The van der Waals surface area contributed by atoms with Crippen molar-refractivity contribution in [3.63, 3.8) is 0 Å². The lowest BCUT2D eigenvalue weighted by molar-refractivity contribution is 0.101. The van der Waals surface area contributed by atoms with Crippen LogP contribution in [0.15, 0.2) is 24.4 Å².